The third-order valence-electron chi connectivity index (χ3n) is 6.80. The smallest absolute Gasteiger partial charge is 0.416 e. The van der Waals surface area contributed by atoms with Crippen LogP contribution in [0.5, 0.6) is 5.75 Å². The van der Waals surface area contributed by atoms with Crippen molar-refractivity contribution >= 4 is 21.6 Å². The first-order valence-corrected chi connectivity index (χ1v) is 13.3. The molecule has 0 radical (unpaired) electrons. The van der Waals surface area contributed by atoms with Crippen molar-refractivity contribution in [1.29, 1.82) is 0 Å². The number of piperazine rings is 1. The van der Waals surface area contributed by atoms with E-state index < -0.39 is 27.7 Å². The predicted molar refractivity (Wildman–Crippen MR) is 129 cm³/mol. The average Bonchev–Trinajstić information content (AvgIpc) is 2.88. The van der Waals surface area contributed by atoms with Crippen LogP contribution >= 0.6 is 0 Å². The molecular weight excluding hydrogens is 495 g/mol. The van der Waals surface area contributed by atoms with E-state index in [-0.39, 0.29) is 23.1 Å². The third-order valence-corrected chi connectivity index (χ3v) is 8.69. The lowest BCUT2D eigenvalue weighted by Gasteiger charge is -2.39. The number of alkyl halides is 3. The van der Waals surface area contributed by atoms with Gasteiger partial charge in [0.2, 0.25) is 15.9 Å². The number of halogens is 3. The summed E-state index contributed by atoms with van der Waals surface area (Å²) in [6, 6.07) is 10.2. The number of anilines is 1. The summed E-state index contributed by atoms with van der Waals surface area (Å²) in [5.41, 5.74) is 0.559. The zero-order valence-corrected chi connectivity index (χ0v) is 21.1. The normalized spacial score (nSPS) is 19.9. The van der Waals surface area contributed by atoms with E-state index in [1.165, 1.54) is 17.5 Å². The molecule has 0 N–H and O–H groups in total. The number of methoxy groups -OCH3 is 1. The molecule has 0 spiro atoms. The molecule has 2 aromatic rings. The minimum atomic E-state index is -4.41. The predicted octanol–water partition coefficient (Wildman–Crippen LogP) is 3.77. The van der Waals surface area contributed by atoms with Crippen molar-refractivity contribution in [3.63, 3.8) is 0 Å². The topological polar surface area (TPSA) is 70.2 Å². The number of benzene rings is 2. The molecule has 1 amide bonds. The maximum Gasteiger partial charge on any atom is 0.416 e. The SMILES string of the molecule is COc1ccc(C)cc1S(=O)(=O)N1CCC[C@H](C(=O)N2CCN(c3cccc(C(F)(F)F)c3)CC2)C1. The molecule has 2 fully saturated rings. The summed E-state index contributed by atoms with van der Waals surface area (Å²) >= 11 is 0. The van der Waals surface area contributed by atoms with Gasteiger partial charge in [-0.2, -0.15) is 17.5 Å². The van der Waals surface area contributed by atoms with E-state index in [9.17, 15) is 26.4 Å². The van der Waals surface area contributed by atoms with E-state index in [1.54, 1.807) is 36.1 Å². The lowest BCUT2D eigenvalue weighted by molar-refractivity contribution is -0.137. The zero-order valence-electron chi connectivity index (χ0n) is 20.3. The van der Waals surface area contributed by atoms with Crippen molar-refractivity contribution in [2.75, 3.05) is 51.3 Å². The highest BCUT2D eigenvalue weighted by Gasteiger charge is 2.37. The minimum absolute atomic E-state index is 0.0894. The van der Waals surface area contributed by atoms with Crippen molar-refractivity contribution < 1.29 is 31.1 Å². The van der Waals surface area contributed by atoms with Crippen molar-refractivity contribution in [3.05, 3.63) is 53.6 Å². The fourth-order valence-corrected chi connectivity index (χ4v) is 6.57. The van der Waals surface area contributed by atoms with Gasteiger partial charge in [-0.15, -0.1) is 0 Å². The summed E-state index contributed by atoms with van der Waals surface area (Å²) in [6.07, 6.45) is -3.26. The van der Waals surface area contributed by atoms with Gasteiger partial charge in [0.1, 0.15) is 10.6 Å². The number of nitrogens with zero attached hydrogens (tertiary/aromatic N) is 3. The van der Waals surface area contributed by atoms with Gasteiger partial charge in [0.05, 0.1) is 18.6 Å². The number of hydrogen-bond acceptors (Lipinski definition) is 5. The van der Waals surface area contributed by atoms with Gasteiger partial charge in [-0.25, -0.2) is 8.42 Å². The fraction of sp³-hybridized carbons (Fsp3) is 0.480. The van der Waals surface area contributed by atoms with E-state index >= 15 is 0 Å². The van der Waals surface area contributed by atoms with E-state index in [1.807, 2.05) is 4.90 Å². The Morgan fingerprint density at radius 3 is 2.42 bits per heavy atom. The second-order valence-corrected chi connectivity index (χ2v) is 11.1. The molecule has 36 heavy (non-hydrogen) atoms. The Kier molecular flexibility index (Phi) is 7.51. The van der Waals surface area contributed by atoms with Crippen LogP contribution < -0.4 is 9.64 Å². The third kappa shape index (κ3) is 5.46. The van der Waals surface area contributed by atoms with Crippen LogP contribution in [0.25, 0.3) is 0 Å². The number of hydrogen-bond donors (Lipinski definition) is 0. The second-order valence-electron chi connectivity index (χ2n) is 9.22. The largest absolute Gasteiger partial charge is 0.495 e. The van der Waals surface area contributed by atoms with Gasteiger partial charge < -0.3 is 14.5 Å². The van der Waals surface area contributed by atoms with Crippen LogP contribution in [-0.2, 0) is 21.0 Å². The molecular formula is C25H30F3N3O4S. The van der Waals surface area contributed by atoms with Crippen LogP contribution in [0, 0.1) is 12.8 Å². The molecule has 2 aromatic carbocycles. The molecule has 0 saturated carbocycles. The number of aryl methyl sites for hydroxylation is 1. The molecule has 2 aliphatic heterocycles. The first-order chi connectivity index (χ1) is 17.0. The molecule has 1 atom stereocenters. The van der Waals surface area contributed by atoms with Gasteiger partial charge in [0.15, 0.2) is 0 Å². The number of carbonyl (C=O) groups is 1. The highest BCUT2D eigenvalue weighted by atomic mass is 32.2. The standard InChI is InChI=1S/C25H30F3N3O4S/c1-18-8-9-22(35-2)23(15-18)36(33,34)31-10-4-5-19(17-31)24(32)30-13-11-29(12-14-30)21-7-3-6-20(16-21)25(26,27)28/h3,6-9,15-16,19H,4-5,10-14,17H2,1-2H3/t19-/m0/s1. The Bertz CT molecular complexity index is 1210. The molecule has 11 heteroatoms. The number of rotatable bonds is 5. The first-order valence-electron chi connectivity index (χ1n) is 11.9. The van der Waals surface area contributed by atoms with Crippen molar-refractivity contribution in [2.24, 2.45) is 5.92 Å². The van der Waals surface area contributed by atoms with Gasteiger partial charge in [0.25, 0.3) is 0 Å². The number of piperidine rings is 1. The van der Waals surface area contributed by atoms with Crippen molar-refractivity contribution in [2.45, 2.75) is 30.8 Å². The Morgan fingerprint density at radius 2 is 1.75 bits per heavy atom. The van der Waals surface area contributed by atoms with Crippen LogP contribution in [-0.4, -0.2) is 69.9 Å². The van der Waals surface area contributed by atoms with Crippen LogP contribution in [0.15, 0.2) is 47.4 Å². The average molecular weight is 526 g/mol. The van der Waals surface area contributed by atoms with Gasteiger partial charge in [0, 0.05) is 45.0 Å². The van der Waals surface area contributed by atoms with Crippen LogP contribution in [0.2, 0.25) is 0 Å². The zero-order chi connectivity index (χ0) is 26.1. The van der Waals surface area contributed by atoms with Gasteiger partial charge in [-0.05, 0) is 55.7 Å². The molecule has 196 valence electrons. The minimum Gasteiger partial charge on any atom is -0.495 e. The Hall–Kier alpha value is -2.79. The van der Waals surface area contributed by atoms with E-state index in [2.05, 4.69) is 0 Å². The Labute approximate surface area is 209 Å². The molecule has 2 saturated heterocycles. The summed E-state index contributed by atoms with van der Waals surface area (Å²) < 4.78 is 72.6. The molecule has 0 aromatic heterocycles. The van der Waals surface area contributed by atoms with Crippen LogP contribution in [0.4, 0.5) is 18.9 Å². The summed E-state index contributed by atoms with van der Waals surface area (Å²) in [6.45, 7) is 3.76. The highest BCUT2D eigenvalue weighted by molar-refractivity contribution is 7.89. The maximum atomic E-state index is 13.4. The fourth-order valence-electron chi connectivity index (χ4n) is 4.81. The monoisotopic (exact) mass is 525 g/mol. The highest BCUT2D eigenvalue weighted by Crippen LogP contribution is 2.33. The van der Waals surface area contributed by atoms with Gasteiger partial charge >= 0.3 is 6.18 Å². The van der Waals surface area contributed by atoms with Gasteiger partial charge in [-0.1, -0.05) is 12.1 Å². The molecule has 0 bridgehead atoms. The second kappa shape index (κ2) is 10.3. The summed E-state index contributed by atoms with van der Waals surface area (Å²) in [5.74, 6) is -0.320. The van der Waals surface area contributed by atoms with Crippen LogP contribution in [0.3, 0.4) is 0 Å². The number of carbonyl (C=O) groups excluding carboxylic acids is 1. The Morgan fingerprint density at radius 1 is 1.03 bits per heavy atom. The summed E-state index contributed by atoms with van der Waals surface area (Å²) in [4.78, 5) is 16.9. The number of ether oxygens (including phenoxy) is 1. The van der Waals surface area contributed by atoms with Gasteiger partial charge in [-0.3, -0.25) is 4.79 Å². The summed E-state index contributed by atoms with van der Waals surface area (Å²) in [5, 5.41) is 0. The number of amides is 1. The lowest BCUT2D eigenvalue weighted by Crippen LogP contribution is -2.53. The van der Waals surface area contributed by atoms with E-state index in [4.69, 9.17) is 4.74 Å². The molecule has 0 unspecified atom stereocenters. The molecule has 4 rings (SSSR count). The van der Waals surface area contributed by atoms with Crippen LogP contribution in [0.1, 0.15) is 24.0 Å². The summed E-state index contributed by atoms with van der Waals surface area (Å²) in [7, 11) is -2.43. The first kappa shape index (κ1) is 26.3. The molecule has 2 aliphatic rings. The lowest BCUT2D eigenvalue weighted by atomic mass is 9.97. The number of sulfonamides is 1. The van der Waals surface area contributed by atoms with Crippen molar-refractivity contribution in [3.8, 4) is 5.75 Å². The van der Waals surface area contributed by atoms with E-state index in [0.29, 0.717) is 51.3 Å². The Balaban J connectivity index is 1.41. The molecule has 2 heterocycles. The maximum absolute atomic E-state index is 13.4. The van der Waals surface area contributed by atoms with E-state index in [0.717, 1.165) is 17.7 Å². The van der Waals surface area contributed by atoms with Crippen molar-refractivity contribution in [1.82, 2.24) is 9.21 Å². The molecule has 7 nitrogen and oxygen atoms in total. The molecule has 0 aliphatic carbocycles. The quantitative estimate of drug-likeness (QED) is 0.595.